The first-order chi connectivity index (χ1) is 11.8. The zero-order valence-electron chi connectivity index (χ0n) is 13.6. The van der Waals surface area contributed by atoms with Crippen molar-refractivity contribution >= 4 is 17.1 Å². The highest BCUT2D eigenvalue weighted by Gasteiger charge is 2.02. The number of benzene rings is 2. The number of carbonyl (C=O) groups is 1. The first kappa shape index (κ1) is 16.1. The topological polar surface area (TPSA) is 59.0 Å². The number of aryl methyl sites for hydroxylation is 1. The van der Waals surface area contributed by atoms with Gasteiger partial charge in [-0.1, -0.05) is 42.5 Å². The maximum atomic E-state index is 11.8. The fourth-order valence-corrected chi connectivity index (χ4v) is 2.67. The molecule has 0 aliphatic carbocycles. The Balaban J connectivity index is 1.33. The Labute approximate surface area is 141 Å². The summed E-state index contributed by atoms with van der Waals surface area (Å²) < 4.78 is 2.12. The van der Waals surface area contributed by atoms with Gasteiger partial charge < -0.3 is 15.2 Å². The molecule has 2 aromatic carbocycles. The summed E-state index contributed by atoms with van der Waals surface area (Å²) in [6.45, 7) is 2.12. The molecule has 1 heterocycles. The van der Waals surface area contributed by atoms with Crippen molar-refractivity contribution in [1.82, 2.24) is 20.2 Å². The van der Waals surface area contributed by atoms with Crippen molar-refractivity contribution in [2.45, 2.75) is 19.4 Å². The van der Waals surface area contributed by atoms with E-state index in [1.807, 2.05) is 42.7 Å². The van der Waals surface area contributed by atoms with Gasteiger partial charge in [-0.05, 0) is 30.5 Å². The summed E-state index contributed by atoms with van der Waals surface area (Å²) in [5, 5.41) is 5.78. The molecule has 0 saturated carbocycles. The Hall–Kier alpha value is -2.82. The number of carbonyl (C=O) groups excluding carboxylic acids is 1. The van der Waals surface area contributed by atoms with Crippen LogP contribution < -0.4 is 10.6 Å². The van der Waals surface area contributed by atoms with Crippen molar-refractivity contribution < 1.29 is 4.79 Å². The molecule has 2 amide bonds. The molecule has 0 atom stereocenters. The predicted octanol–water partition coefficient (Wildman–Crippen LogP) is 2.97. The van der Waals surface area contributed by atoms with Crippen molar-refractivity contribution in [3.8, 4) is 0 Å². The van der Waals surface area contributed by atoms with Gasteiger partial charge in [0.15, 0.2) is 0 Å². The highest BCUT2D eigenvalue weighted by Crippen LogP contribution is 2.11. The third-order valence-electron chi connectivity index (χ3n) is 3.93. The van der Waals surface area contributed by atoms with E-state index in [9.17, 15) is 4.79 Å². The number of hydrogen-bond acceptors (Lipinski definition) is 2. The van der Waals surface area contributed by atoms with Crippen LogP contribution >= 0.6 is 0 Å². The highest BCUT2D eigenvalue weighted by atomic mass is 16.2. The normalized spacial score (nSPS) is 10.7. The number of hydrogen-bond donors (Lipinski definition) is 2. The molecule has 5 nitrogen and oxygen atoms in total. The molecule has 5 heteroatoms. The average molecular weight is 322 g/mol. The van der Waals surface area contributed by atoms with Crippen LogP contribution in [0, 0.1) is 0 Å². The molecule has 0 spiro atoms. The Bertz CT molecular complexity index is 782. The lowest BCUT2D eigenvalue weighted by Gasteiger charge is -2.08. The lowest BCUT2D eigenvalue weighted by molar-refractivity contribution is 0.240. The van der Waals surface area contributed by atoms with E-state index in [1.165, 1.54) is 5.56 Å². The van der Waals surface area contributed by atoms with Crippen LogP contribution in [0.4, 0.5) is 4.79 Å². The first-order valence-corrected chi connectivity index (χ1v) is 8.28. The zero-order chi connectivity index (χ0) is 16.6. The summed E-state index contributed by atoms with van der Waals surface area (Å²) in [5.74, 6) is 0. The lowest BCUT2D eigenvalue weighted by atomic mass is 10.1. The molecule has 1 aromatic heterocycles. The van der Waals surface area contributed by atoms with E-state index in [-0.39, 0.29) is 6.03 Å². The molecule has 2 N–H and O–H groups in total. The van der Waals surface area contributed by atoms with Gasteiger partial charge >= 0.3 is 6.03 Å². The first-order valence-electron chi connectivity index (χ1n) is 8.28. The van der Waals surface area contributed by atoms with Crippen LogP contribution in [0.15, 0.2) is 60.9 Å². The number of para-hydroxylation sites is 2. The standard InChI is InChI=1S/C19H22N4O/c24-19(21-13-11-16-7-2-1-3-8-16)20-12-6-14-23-15-22-17-9-4-5-10-18(17)23/h1-5,7-10,15H,6,11-14H2,(H2,20,21,24). The summed E-state index contributed by atoms with van der Waals surface area (Å²) in [5.41, 5.74) is 3.36. The van der Waals surface area contributed by atoms with Gasteiger partial charge in [0.25, 0.3) is 0 Å². The average Bonchev–Trinajstić information content (AvgIpc) is 3.03. The van der Waals surface area contributed by atoms with E-state index in [4.69, 9.17) is 0 Å². The Morgan fingerprint density at radius 2 is 1.71 bits per heavy atom. The molecule has 0 fully saturated rings. The second-order valence-corrected chi connectivity index (χ2v) is 5.70. The molecular formula is C19H22N4O. The van der Waals surface area contributed by atoms with Crippen LogP contribution in [0.5, 0.6) is 0 Å². The van der Waals surface area contributed by atoms with Gasteiger partial charge in [-0.3, -0.25) is 0 Å². The van der Waals surface area contributed by atoms with Crippen LogP contribution in [0.1, 0.15) is 12.0 Å². The van der Waals surface area contributed by atoms with Crippen LogP contribution in [0.3, 0.4) is 0 Å². The Morgan fingerprint density at radius 3 is 2.58 bits per heavy atom. The number of imidazole rings is 1. The number of nitrogens with zero attached hydrogens (tertiary/aromatic N) is 2. The molecule has 3 rings (SSSR count). The van der Waals surface area contributed by atoms with E-state index in [0.717, 1.165) is 30.4 Å². The molecule has 0 bridgehead atoms. The molecule has 3 aromatic rings. The molecule has 0 aliphatic heterocycles. The third kappa shape index (κ3) is 4.35. The predicted molar refractivity (Wildman–Crippen MR) is 95.9 cm³/mol. The van der Waals surface area contributed by atoms with Crippen LogP contribution in [0.2, 0.25) is 0 Å². The summed E-state index contributed by atoms with van der Waals surface area (Å²) in [6.07, 6.45) is 3.56. The van der Waals surface area contributed by atoms with Gasteiger partial charge in [-0.2, -0.15) is 0 Å². The fraction of sp³-hybridized carbons (Fsp3) is 0.263. The molecule has 0 radical (unpaired) electrons. The van der Waals surface area contributed by atoms with Crippen molar-refractivity contribution in [2.75, 3.05) is 13.1 Å². The van der Waals surface area contributed by atoms with E-state index in [0.29, 0.717) is 13.1 Å². The summed E-state index contributed by atoms with van der Waals surface area (Å²) in [6, 6.07) is 18.1. The van der Waals surface area contributed by atoms with Gasteiger partial charge in [0, 0.05) is 19.6 Å². The Kier molecular flexibility index (Phi) is 5.45. The van der Waals surface area contributed by atoms with Gasteiger partial charge in [0.05, 0.1) is 17.4 Å². The van der Waals surface area contributed by atoms with Crippen molar-refractivity contribution in [2.24, 2.45) is 0 Å². The molecule has 0 aliphatic rings. The molecular weight excluding hydrogens is 300 g/mol. The van der Waals surface area contributed by atoms with Crippen LogP contribution in [0.25, 0.3) is 11.0 Å². The summed E-state index contributed by atoms with van der Waals surface area (Å²) in [4.78, 5) is 16.1. The number of nitrogens with one attached hydrogen (secondary N) is 2. The van der Waals surface area contributed by atoms with E-state index >= 15 is 0 Å². The fourth-order valence-electron chi connectivity index (χ4n) is 2.67. The van der Waals surface area contributed by atoms with Crippen molar-refractivity contribution in [3.63, 3.8) is 0 Å². The number of urea groups is 1. The van der Waals surface area contributed by atoms with Crippen molar-refractivity contribution in [1.29, 1.82) is 0 Å². The minimum absolute atomic E-state index is 0.110. The lowest BCUT2D eigenvalue weighted by Crippen LogP contribution is -2.37. The van der Waals surface area contributed by atoms with Crippen LogP contribution in [-0.4, -0.2) is 28.7 Å². The monoisotopic (exact) mass is 322 g/mol. The van der Waals surface area contributed by atoms with E-state index in [2.05, 4.69) is 38.4 Å². The van der Waals surface area contributed by atoms with Gasteiger partial charge in [0.2, 0.25) is 0 Å². The van der Waals surface area contributed by atoms with Crippen molar-refractivity contribution in [3.05, 3.63) is 66.5 Å². The largest absolute Gasteiger partial charge is 0.338 e. The Morgan fingerprint density at radius 1 is 0.958 bits per heavy atom. The van der Waals surface area contributed by atoms with Gasteiger partial charge in [-0.25, -0.2) is 9.78 Å². The minimum Gasteiger partial charge on any atom is -0.338 e. The smallest absolute Gasteiger partial charge is 0.314 e. The van der Waals surface area contributed by atoms with Gasteiger partial charge in [0.1, 0.15) is 0 Å². The molecule has 0 saturated heterocycles. The number of fused-ring (bicyclic) bond motifs is 1. The number of aromatic nitrogens is 2. The minimum atomic E-state index is -0.110. The summed E-state index contributed by atoms with van der Waals surface area (Å²) in [7, 11) is 0. The van der Waals surface area contributed by atoms with Crippen LogP contribution in [-0.2, 0) is 13.0 Å². The quantitative estimate of drug-likeness (QED) is 0.657. The highest BCUT2D eigenvalue weighted by molar-refractivity contribution is 5.75. The molecule has 124 valence electrons. The second-order valence-electron chi connectivity index (χ2n) is 5.70. The number of amides is 2. The maximum absolute atomic E-state index is 11.8. The molecule has 0 unspecified atom stereocenters. The van der Waals surface area contributed by atoms with E-state index in [1.54, 1.807) is 0 Å². The maximum Gasteiger partial charge on any atom is 0.314 e. The van der Waals surface area contributed by atoms with E-state index < -0.39 is 0 Å². The SMILES string of the molecule is O=C(NCCCn1cnc2ccccc21)NCCc1ccccc1. The second kappa shape index (κ2) is 8.15. The number of rotatable bonds is 7. The zero-order valence-corrected chi connectivity index (χ0v) is 13.6. The summed E-state index contributed by atoms with van der Waals surface area (Å²) >= 11 is 0. The van der Waals surface area contributed by atoms with Gasteiger partial charge in [-0.15, -0.1) is 0 Å². The molecule has 24 heavy (non-hydrogen) atoms. The third-order valence-corrected chi connectivity index (χ3v) is 3.93.